The van der Waals surface area contributed by atoms with Gasteiger partial charge in [0.1, 0.15) is 5.69 Å². The van der Waals surface area contributed by atoms with Gasteiger partial charge in [-0.25, -0.2) is 10.1 Å². The fraction of sp³-hybridized carbons (Fsp3) is 0.143. The lowest BCUT2D eigenvalue weighted by Gasteiger charge is -2.07. The highest BCUT2D eigenvalue weighted by atomic mass is 16.5. The molecule has 0 atom stereocenters. The lowest BCUT2D eigenvalue weighted by atomic mass is 10.2. The number of benzene rings is 2. The highest BCUT2D eigenvalue weighted by Crippen LogP contribution is 2.25. The van der Waals surface area contributed by atoms with Crippen LogP contribution in [0.3, 0.4) is 0 Å². The maximum Gasteiger partial charge on any atom is 0.329 e. The molecule has 0 aliphatic carbocycles. The average molecular weight is 423 g/mol. The quantitative estimate of drug-likeness (QED) is 0.324. The SMILES string of the molecule is COc1cc(/C=N/NC(=O)C(=O)Nc2c(C)n(C)n(-c3ccccc3)c2=O)ccc1O. The molecule has 0 radical (unpaired) electrons. The van der Waals surface area contributed by atoms with Crippen molar-refractivity contribution in [1.82, 2.24) is 14.8 Å². The summed E-state index contributed by atoms with van der Waals surface area (Å²) < 4.78 is 7.96. The molecule has 2 aromatic carbocycles. The Morgan fingerprint density at radius 1 is 1.13 bits per heavy atom. The Bertz CT molecular complexity index is 1210. The Morgan fingerprint density at radius 2 is 1.84 bits per heavy atom. The van der Waals surface area contributed by atoms with Gasteiger partial charge in [0.15, 0.2) is 11.5 Å². The van der Waals surface area contributed by atoms with Crippen molar-refractivity contribution < 1.29 is 19.4 Å². The van der Waals surface area contributed by atoms with Crippen molar-refractivity contribution in [1.29, 1.82) is 0 Å². The third-order valence-electron chi connectivity index (χ3n) is 4.58. The number of nitrogens with one attached hydrogen (secondary N) is 2. The van der Waals surface area contributed by atoms with Crippen LogP contribution in [-0.4, -0.2) is 39.6 Å². The first-order chi connectivity index (χ1) is 14.8. The number of amides is 2. The molecule has 0 saturated carbocycles. The number of ether oxygens (including phenoxy) is 1. The molecule has 10 heteroatoms. The van der Waals surface area contributed by atoms with E-state index in [1.165, 1.54) is 30.1 Å². The number of phenolic OH excluding ortho intramolecular Hbond substituents is 1. The van der Waals surface area contributed by atoms with Crippen LogP contribution < -0.4 is 21.0 Å². The molecule has 10 nitrogen and oxygen atoms in total. The third kappa shape index (κ3) is 4.47. The topological polar surface area (TPSA) is 127 Å². The Labute approximate surface area is 177 Å². The van der Waals surface area contributed by atoms with E-state index in [9.17, 15) is 19.5 Å². The van der Waals surface area contributed by atoms with Gasteiger partial charge in [0.05, 0.1) is 24.7 Å². The van der Waals surface area contributed by atoms with Gasteiger partial charge in [-0.1, -0.05) is 18.2 Å². The number of hydrogen-bond donors (Lipinski definition) is 3. The van der Waals surface area contributed by atoms with Crippen LogP contribution >= 0.6 is 0 Å². The average Bonchev–Trinajstić information content (AvgIpc) is 2.98. The van der Waals surface area contributed by atoms with Gasteiger partial charge in [-0.05, 0) is 42.8 Å². The van der Waals surface area contributed by atoms with Crippen LogP contribution in [0.4, 0.5) is 5.69 Å². The standard InChI is InChI=1S/C21H21N5O5/c1-13-18(21(30)26(25(13)2)15-7-5-4-6-8-15)23-19(28)20(29)24-22-12-14-9-10-16(27)17(11-14)31-3/h4-12,27H,1-3H3,(H,23,28)(H,24,29)/b22-12+. The minimum atomic E-state index is -1.05. The summed E-state index contributed by atoms with van der Waals surface area (Å²) in [6, 6.07) is 13.4. The van der Waals surface area contributed by atoms with E-state index in [2.05, 4.69) is 15.8 Å². The van der Waals surface area contributed by atoms with E-state index in [1.807, 2.05) is 6.07 Å². The summed E-state index contributed by atoms with van der Waals surface area (Å²) in [5, 5.41) is 15.6. The van der Waals surface area contributed by atoms with Gasteiger partial charge >= 0.3 is 11.8 Å². The zero-order valence-electron chi connectivity index (χ0n) is 17.1. The van der Waals surface area contributed by atoms with Crippen molar-refractivity contribution in [3.8, 4) is 17.2 Å². The van der Waals surface area contributed by atoms with Gasteiger partial charge in [0.25, 0.3) is 5.56 Å². The van der Waals surface area contributed by atoms with Gasteiger partial charge in [-0.15, -0.1) is 0 Å². The van der Waals surface area contributed by atoms with E-state index < -0.39 is 17.4 Å². The lowest BCUT2D eigenvalue weighted by Crippen LogP contribution is -2.34. The van der Waals surface area contributed by atoms with Gasteiger partial charge in [-0.2, -0.15) is 5.10 Å². The number of aromatic nitrogens is 2. The van der Waals surface area contributed by atoms with Crippen LogP contribution in [0.5, 0.6) is 11.5 Å². The first kappa shape index (κ1) is 21.4. The summed E-state index contributed by atoms with van der Waals surface area (Å²) in [6.07, 6.45) is 1.28. The molecule has 31 heavy (non-hydrogen) atoms. The maximum absolute atomic E-state index is 12.8. The molecule has 1 aromatic heterocycles. The van der Waals surface area contributed by atoms with E-state index >= 15 is 0 Å². The predicted molar refractivity (Wildman–Crippen MR) is 115 cm³/mol. The number of hydrogen-bond acceptors (Lipinski definition) is 6. The predicted octanol–water partition coefficient (Wildman–Crippen LogP) is 1.29. The van der Waals surface area contributed by atoms with E-state index in [0.717, 1.165) is 0 Å². The Morgan fingerprint density at radius 3 is 2.52 bits per heavy atom. The highest BCUT2D eigenvalue weighted by molar-refractivity contribution is 6.39. The van der Waals surface area contributed by atoms with Gasteiger partial charge < -0.3 is 15.2 Å². The second-order valence-corrected chi connectivity index (χ2v) is 6.52. The van der Waals surface area contributed by atoms with Crippen LogP contribution in [0.15, 0.2) is 58.4 Å². The molecule has 160 valence electrons. The molecule has 0 spiro atoms. The molecule has 3 aromatic rings. The van der Waals surface area contributed by atoms with Crippen LogP contribution in [0, 0.1) is 6.92 Å². The number of rotatable bonds is 5. The smallest absolute Gasteiger partial charge is 0.329 e. The third-order valence-corrected chi connectivity index (χ3v) is 4.58. The normalized spacial score (nSPS) is 10.8. The first-order valence-corrected chi connectivity index (χ1v) is 9.19. The molecule has 0 saturated heterocycles. The van der Waals surface area contributed by atoms with Crippen molar-refractivity contribution in [2.75, 3.05) is 12.4 Å². The summed E-state index contributed by atoms with van der Waals surface area (Å²) in [4.78, 5) is 37.1. The van der Waals surface area contributed by atoms with Crippen LogP contribution in [0.1, 0.15) is 11.3 Å². The second kappa shape index (κ2) is 8.99. The molecule has 1 heterocycles. The molecule has 0 fully saturated rings. The number of methoxy groups -OCH3 is 1. The fourth-order valence-electron chi connectivity index (χ4n) is 2.87. The van der Waals surface area contributed by atoms with Crippen LogP contribution in [-0.2, 0) is 16.6 Å². The van der Waals surface area contributed by atoms with Crippen LogP contribution in [0.25, 0.3) is 5.69 Å². The molecule has 0 aliphatic rings. The fourth-order valence-corrected chi connectivity index (χ4v) is 2.87. The number of anilines is 1. The van der Waals surface area contributed by atoms with E-state index in [1.54, 1.807) is 49.0 Å². The summed E-state index contributed by atoms with van der Waals surface area (Å²) in [7, 11) is 3.08. The molecule has 2 amide bonds. The van der Waals surface area contributed by atoms with Crippen molar-refractivity contribution in [2.45, 2.75) is 6.92 Å². The first-order valence-electron chi connectivity index (χ1n) is 9.19. The number of nitrogens with zero attached hydrogens (tertiary/aromatic N) is 3. The zero-order valence-corrected chi connectivity index (χ0v) is 17.1. The van der Waals surface area contributed by atoms with Crippen molar-refractivity contribution in [2.24, 2.45) is 12.1 Å². The van der Waals surface area contributed by atoms with Crippen LogP contribution in [0.2, 0.25) is 0 Å². The molecule has 0 bridgehead atoms. The molecule has 3 rings (SSSR count). The largest absolute Gasteiger partial charge is 0.504 e. The lowest BCUT2D eigenvalue weighted by molar-refractivity contribution is -0.136. The highest BCUT2D eigenvalue weighted by Gasteiger charge is 2.21. The van der Waals surface area contributed by atoms with Crippen molar-refractivity contribution >= 4 is 23.7 Å². The number of carbonyl (C=O) groups is 2. The summed E-state index contributed by atoms with van der Waals surface area (Å²) in [5.41, 5.74) is 3.26. The summed E-state index contributed by atoms with van der Waals surface area (Å²) in [5.74, 6) is -1.88. The Balaban J connectivity index is 1.72. The molecular weight excluding hydrogens is 402 g/mol. The Kier molecular flexibility index (Phi) is 6.20. The molecule has 0 unspecified atom stereocenters. The number of phenols is 1. The van der Waals surface area contributed by atoms with E-state index in [0.29, 0.717) is 16.9 Å². The summed E-state index contributed by atoms with van der Waals surface area (Å²) in [6.45, 7) is 1.66. The number of para-hydroxylation sites is 1. The molecular formula is C21H21N5O5. The number of carbonyl (C=O) groups excluding carboxylic acids is 2. The minimum Gasteiger partial charge on any atom is -0.504 e. The molecule has 0 aliphatic heterocycles. The van der Waals surface area contributed by atoms with Gasteiger partial charge in [0, 0.05) is 7.05 Å². The van der Waals surface area contributed by atoms with Gasteiger partial charge in [-0.3, -0.25) is 19.1 Å². The number of hydrazone groups is 1. The Hall–Kier alpha value is -4.34. The minimum absolute atomic E-state index is 0.00115. The van der Waals surface area contributed by atoms with E-state index in [-0.39, 0.29) is 17.2 Å². The van der Waals surface area contributed by atoms with Crippen molar-refractivity contribution in [3.05, 3.63) is 70.1 Å². The monoisotopic (exact) mass is 423 g/mol. The number of aromatic hydroxyl groups is 1. The summed E-state index contributed by atoms with van der Waals surface area (Å²) >= 11 is 0. The van der Waals surface area contributed by atoms with Crippen molar-refractivity contribution in [3.63, 3.8) is 0 Å². The van der Waals surface area contributed by atoms with E-state index in [4.69, 9.17) is 4.74 Å². The zero-order chi connectivity index (χ0) is 22.5. The molecule has 3 N–H and O–H groups in total. The second-order valence-electron chi connectivity index (χ2n) is 6.52. The van der Waals surface area contributed by atoms with Gasteiger partial charge in [0.2, 0.25) is 0 Å². The maximum atomic E-state index is 12.8.